The van der Waals surface area contributed by atoms with Gasteiger partial charge in [-0.25, -0.2) is 0 Å². The fourth-order valence-corrected chi connectivity index (χ4v) is 15.8. The number of para-hydroxylation sites is 2. The third-order valence-corrected chi connectivity index (χ3v) is 20.5. The van der Waals surface area contributed by atoms with Crippen molar-refractivity contribution >= 4 is 74.3 Å². The minimum atomic E-state index is -0.267. The Morgan fingerprint density at radius 3 is 1.43 bits per heavy atom. The molecule has 0 radical (unpaired) electrons. The molecule has 0 saturated heterocycles. The zero-order valence-electron chi connectivity index (χ0n) is 50.0. The third kappa shape index (κ3) is 7.95. The molecule has 400 valence electrons. The van der Waals surface area contributed by atoms with Crippen molar-refractivity contribution in [1.82, 2.24) is 0 Å². The Labute approximate surface area is 474 Å². The summed E-state index contributed by atoms with van der Waals surface area (Å²) in [6.45, 7) is 36.9. The van der Waals surface area contributed by atoms with Gasteiger partial charge in [-0.15, -0.1) is 0 Å². The van der Waals surface area contributed by atoms with Gasteiger partial charge in [0.05, 0.1) is 5.69 Å². The summed E-state index contributed by atoms with van der Waals surface area (Å²) in [7, 11) is 0. The van der Waals surface area contributed by atoms with Crippen LogP contribution in [0.15, 0.2) is 164 Å². The van der Waals surface area contributed by atoms with Gasteiger partial charge in [0.15, 0.2) is 0 Å². The van der Waals surface area contributed by atoms with E-state index in [0.717, 1.165) is 42.7 Å². The van der Waals surface area contributed by atoms with E-state index in [1.54, 1.807) is 0 Å². The molecule has 3 aliphatic carbocycles. The first-order chi connectivity index (χ1) is 37.3. The molecule has 3 nitrogen and oxygen atoms in total. The monoisotopic (exact) mass is 1040 g/mol. The lowest BCUT2D eigenvalue weighted by Crippen LogP contribution is -2.62. The molecule has 0 atom stereocenters. The summed E-state index contributed by atoms with van der Waals surface area (Å²) >= 11 is 0. The van der Waals surface area contributed by atoms with Crippen LogP contribution in [-0.2, 0) is 37.9 Å². The molecule has 0 fully saturated rings. The zero-order chi connectivity index (χ0) is 55.6. The maximum absolute atomic E-state index is 2.73. The Morgan fingerprint density at radius 1 is 0.380 bits per heavy atom. The lowest BCUT2D eigenvalue weighted by molar-refractivity contribution is 0.332. The van der Waals surface area contributed by atoms with Gasteiger partial charge in [0.1, 0.15) is 0 Å². The Bertz CT molecular complexity index is 3720. The molecule has 0 N–H and O–H groups in total. The second-order valence-corrected chi connectivity index (χ2v) is 29.1. The predicted octanol–water partition coefficient (Wildman–Crippen LogP) is 18.5. The van der Waals surface area contributed by atoms with Crippen LogP contribution >= 0.6 is 0 Å². The lowest BCUT2D eigenvalue weighted by Gasteiger charge is -2.48. The van der Waals surface area contributed by atoms with Crippen LogP contribution in [0.25, 0.3) is 0 Å². The van der Waals surface area contributed by atoms with Crippen molar-refractivity contribution in [3.8, 4) is 0 Å². The number of benzene rings is 8. The molecular weight excluding hydrogens is 954 g/mol. The van der Waals surface area contributed by atoms with Gasteiger partial charge in [0, 0.05) is 50.9 Å². The van der Waals surface area contributed by atoms with Crippen LogP contribution in [-0.4, -0.2) is 6.71 Å². The highest BCUT2D eigenvalue weighted by Crippen LogP contribution is 2.56. The fraction of sp³-hybridized carbons (Fsp3) is 0.360. The molecule has 8 aromatic carbocycles. The Hall–Kier alpha value is -6.78. The maximum atomic E-state index is 2.73. The second kappa shape index (κ2) is 17.4. The van der Waals surface area contributed by atoms with Crippen LogP contribution in [0, 0.1) is 6.92 Å². The summed E-state index contributed by atoms with van der Waals surface area (Å²) in [5, 5.41) is 0. The van der Waals surface area contributed by atoms with E-state index in [2.05, 4.69) is 282 Å². The van der Waals surface area contributed by atoms with E-state index >= 15 is 0 Å². The molecule has 5 aliphatic rings. The van der Waals surface area contributed by atoms with Crippen molar-refractivity contribution in [3.63, 3.8) is 0 Å². The molecule has 0 bridgehead atoms. The average Bonchev–Trinajstić information content (AvgIpc) is 2.47. The summed E-state index contributed by atoms with van der Waals surface area (Å²) in [5.41, 5.74) is 27.8. The number of hydrogen-bond acceptors (Lipinski definition) is 3. The van der Waals surface area contributed by atoms with Crippen LogP contribution in [0.4, 0.5) is 51.2 Å². The second-order valence-electron chi connectivity index (χ2n) is 29.1. The number of aryl methyl sites for hydroxylation is 1. The molecular formula is C75H82BN3. The fourth-order valence-electron chi connectivity index (χ4n) is 15.8. The van der Waals surface area contributed by atoms with Crippen LogP contribution < -0.4 is 31.1 Å². The molecule has 4 heteroatoms. The minimum Gasteiger partial charge on any atom is -0.311 e. The van der Waals surface area contributed by atoms with Crippen molar-refractivity contribution in [2.45, 2.75) is 174 Å². The first-order valence-corrected chi connectivity index (χ1v) is 29.7. The van der Waals surface area contributed by atoms with Crippen LogP contribution in [0.3, 0.4) is 0 Å². The normalized spacial score (nSPS) is 19.1. The standard InChI is InChI=1S/C75H82BN3/c1-48-39-56-60(74(12,13)47-73(56,10)11)45-63(48)79-64-40-50(75(14,15)49-25-19-16-20-26-49)31-34-61(64)76-62-44-58-59(72(8,9)38-37-71(58,6)7)46-65(62)78(53-32-33-55-57(41-53)70(4,5)36-35-69(55,2)3)66-42-54(43-67(79)68(66)76)77(51-27-21-17-22-28-51)52-29-23-18-24-30-52/h16-34,39-46H,35-38,47H2,1-15H3. The van der Waals surface area contributed by atoms with Crippen molar-refractivity contribution in [2.75, 3.05) is 14.7 Å². The van der Waals surface area contributed by atoms with Crippen molar-refractivity contribution in [3.05, 3.63) is 214 Å². The SMILES string of the molecule is Cc1cc2c(cc1N1c3cc(C(C)(C)c4ccccc4)ccc3B3c4cc5c(cc4N(c4ccc6c(c4)C(C)(C)CCC6(C)C)c4cc(N(c6ccccc6)c6ccccc6)cc1c43)C(C)(C)CCC5(C)C)C(C)(C)CC2(C)C. The first kappa shape index (κ1) is 51.6. The highest BCUT2D eigenvalue weighted by atomic mass is 15.2. The molecule has 79 heavy (non-hydrogen) atoms. The van der Waals surface area contributed by atoms with E-state index in [0.29, 0.717) is 0 Å². The van der Waals surface area contributed by atoms with Gasteiger partial charge in [-0.2, -0.15) is 0 Å². The molecule has 13 rings (SSSR count). The highest BCUT2D eigenvalue weighted by Gasteiger charge is 2.49. The van der Waals surface area contributed by atoms with E-state index in [9.17, 15) is 0 Å². The van der Waals surface area contributed by atoms with Gasteiger partial charge in [-0.3, -0.25) is 0 Å². The first-order valence-electron chi connectivity index (χ1n) is 29.7. The van der Waals surface area contributed by atoms with Gasteiger partial charge >= 0.3 is 0 Å². The molecule has 0 unspecified atom stereocenters. The summed E-state index contributed by atoms with van der Waals surface area (Å²) in [4.78, 5) is 7.97. The molecule has 0 aromatic heterocycles. The zero-order valence-corrected chi connectivity index (χ0v) is 50.0. The van der Waals surface area contributed by atoms with E-state index in [1.165, 1.54) is 107 Å². The Morgan fingerprint density at radius 2 is 0.848 bits per heavy atom. The predicted molar refractivity (Wildman–Crippen MR) is 340 cm³/mol. The largest absolute Gasteiger partial charge is 0.311 e. The van der Waals surface area contributed by atoms with Gasteiger partial charge in [-0.1, -0.05) is 194 Å². The summed E-state index contributed by atoms with van der Waals surface area (Å²) in [5.74, 6) is 0. The number of nitrogens with zero attached hydrogens (tertiary/aromatic N) is 3. The number of fused-ring (bicyclic) bond motifs is 7. The van der Waals surface area contributed by atoms with Gasteiger partial charge in [0.25, 0.3) is 6.71 Å². The van der Waals surface area contributed by atoms with Crippen LogP contribution in [0.5, 0.6) is 0 Å². The van der Waals surface area contributed by atoms with Gasteiger partial charge in [0.2, 0.25) is 0 Å². The topological polar surface area (TPSA) is 9.72 Å². The van der Waals surface area contributed by atoms with Gasteiger partial charge < -0.3 is 14.7 Å². The average molecular weight is 1040 g/mol. The van der Waals surface area contributed by atoms with E-state index in [4.69, 9.17) is 0 Å². The Balaban J connectivity index is 1.20. The van der Waals surface area contributed by atoms with Crippen LogP contribution in [0.1, 0.15) is 179 Å². The van der Waals surface area contributed by atoms with Crippen molar-refractivity contribution in [2.24, 2.45) is 0 Å². The Kier molecular flexibility index (Phi) is 11.4. The molecule has 2 aliphatic heterocycles. The number of hydrogen-bond donors (Lipinski definition) is 0. The van der Waals surface area contributed by atoms with E-state index in [1.807, 2.05) is 0 Å². The molecule has 8 aromatic rings. The highest BCUT2D eigenvalue weighted by molar-refractivity contribution is 7.00. The van der Waals surface area contributed by atoms with E-state index in [-0.39, 0.29) is 44.6 Å². The smallest absolute Gasteiger partial charge is 0.252 e. The summed E-state index contributed by atoms with van der Waals surface area (Å²) in [6.07, 6.45) is 5.75. The van der Waals surface area contributed by atoms with Crippen LogP contribution in [0.2, 0.25) is 0 Å². The van der Waals surface area contributed by atoms with Crippen molar-refractivity contribution < 1.29 is 0 Å². The van der Waals surface area contributed by atoms with E-state index < -0.39 is 0 Å². The molecule has 0 spiro atoms. The minimum absolute atomic E-state index is 0.00246. The number of rotatable bonds is 7. The van der Waals surface area contributed by atoms with Crippen molar-refractivity contribution in [1.29, 1.82) is 0 Å². The molecule has 2 heterocycles. The molecule has 0 saturated carbocycles. The lowest BCUT2D eigenvalue weighted by atomic mass is 9.33. The number of anilines is 9. The quantitative estimate of drug-likeness (QED) is 0.147. The summed E-state index contributed by atoms with van der Waals surface area (Å²) < 4.78 is 0. The maximum Gasteiger partial charge on any atom is 0.252 e. The van der Waals surface area contributed by atoms with Gasteiger partial charge in [-0.05, 0) is 205 Å². The molecule has 0 amide bonds. The summed E-state index contributed by atoms with van der Waals surface area (Å²) in [6, 6.07) is 64.2. The third-order valence-electron chi connectivity index (χ3n) is 20.5.